The maximum absolute atomic E-state index is 12.6. The predicted octanol–water partition coefficient (Wildman–Crippen LogP) is 2.66. The summed E-state index contributed by atoms with van der Waals surface area (Å²) in [6.07, 6.45) is 6.76. The minimum atomic E-state index is -0.0835. The van der Waals surface area contributed by atoms with E-state index in [-0.39, 0.29) is 11.8 Å². The van der Waals surface area contributed by atoms with Gasteiger partial charge in [-0.1, -0.05) is 23.5 Å². The summed E-state index contributed by atoms with van der Waals surface area (Å²) in [7, 11) is 0. The summed E-state index contributed by atoms with van der Waals surface area (Å²) >= 11 is 1.50. The lowest BCUT2D eigenvalue weighted by atomic mass is 9.99. The highest BCUT2D eigenvalue weighted by atomic mass is 32.1. The summed E-state index contributed by atoms with van der Waals surface area (Å²) in [6.45, 7) is 3.27. The molecule has 0 aliphatic carbocycles. The van der Waals surface area contributed by atoms with E-state index in [0.29, 0.717) is 18.2 Å². The van der Waals surface area contributed by atoms with E-state index in [4.69, 9.17) is 0 Å². The Bertz CT molecular complexity index is 1150. The van der Waals surface area contributed by atoms with Gasteiger partial charge in [0.2, 0.25) is 5.91 Å². The molecule has 140 valence electrons. The Labute approximate surface area is 164 Å². The molecule has 5 rings (SSSR count). The van der Waals surface area contributed by atoms with Crippen molar-refractivity contribution in [1.82, 2.24) is 24.5 Å². The van der Waals surface area contributed by atoms with Gasteiger partial charge in [0, 0.05) is 31.5 Å². The monoisotopic (exact) mass is 391 g/mol. The molecule has 0 unspecified atom stereocenters. The van der Waals surface area contributed by atoms with Crippen LogP contribution >= 0.6 is 11.3 Å². The van der Waals surface area contributed by atoms with Crippen LogP contribution in [-0.2, 0) is 4.79 Å². The Kier molecular flexibility index (Phi) is 4.01. The summed E-state index contributed by atoms with van der Waals surface area (Å²) in [5.41, 5.74) is 2.06. The SMILES string of the molecule is Cc1cccc2sc(NC(=O)C3CN(c4cc(-n5ccnc5)ncn4)C3)nc12. The van der Waals surface area contributed by atoms with E-state index < -0.39 is 0 Å². The number of para-hydroxylation sites is 1. The van der Waals surface area contributed by atoms with Crippen LogP contribution in [0.25, 0.3) is 16.0 Å². The molecule has 0 saturated carbocycles. The maximum Gasteiger partial charge on any atom is 0.232 e. The fourth-order valence-electron chi connectivity index (χ4n) is 3.22. The smallest absolute Gasteiger partial charge is 0.232 e. The Morgan fingerprint density at radius 3 is 2.89 bits per heavy atom. The third-order valence-electron chi connectivity index (χ3n) is 4.83. The number of aryl methyl sites for hydroxylation is 1. The number of thiazole rings is 1. The molecule has 1 N–H and O–H groups in total. The number of nitrogens with one attached hydrogen (secondary N) is 1. The fourth-order valence-corrected chi connectivity index (χ4v) is 4.17. The van der Waals surface area contributed by atoms with Gasteiger partial charge in [-0.3, -0.25) is 9.36 Å². The number of rotatable bonds is 4. The van der Waals surface area contributed by atoms with Crippen molar-refractivity contribution < 1.29 is 4.79 Å². The van der Waals surface area contributed by atoms with Crippen molar-refractivity contribution >= 4 is 38.4 Å². The quantitative estimate of drug-likeness (QED) is 0.575. The summed E-state index contributed by atoms with van der Waals surface area (Å²) in [4.78, 5) is 31.8. The third-order valence-corrected chi connectivity index (χ3v) is 5.77. The summed E-state index contributed by atoms with van der Waals surface area (Å²) in [5.74, 6) is 1.47. The first-order valence-corrected chi connectivity index (χ1v) is 9.71. The second kappa shape index (κ2) is 6.68. The number of benzene rings is 1. The predicted molar refractivity (Wildman–Crippen MR) is 108 cm³/mol. The molecule has 0 atom stereocenters. The number of fused-ring (bicyclic) bond motifs is 1. The zero-order valence-electron chi connectivity index (χ0n) is 15.1. The first kappa shape index (κ1) is 16.8. The summed E-state index contributed by atoms with van der Waals surface area (Å²) in [6, 6.07) is 7.95. The number of carbonyl (C=O) groups is 1. The van der Waals surface area contributed by atoms with Gasteiger partial charge < -0.3 is 10.2 Å². The van der Waals surface area contributed by atoms with Crippen molar-refractivity contribution in [1.29, 1.82) is 0 Å². The molecular weight excluding hydrogens is 374 g/mol. The van der Waals surface area contributed by atoms with Crippen LogP contribution in [0.3, 0.4) is 0 Å². The van der Waals surface area contributed by atoms with Gasteiger partial charge in [-0.05, 0) is 18.6 Å². The van der Waals surface area contributed by atoms with E-state index in [1.54, 1.807) is 12.5 Å². The van der Waals surface area contributed by atoms with Gasteiger partial charge in [0.05, 0.1) is 16.1 Å². The number of aromatic nitrogens is 5. The molecule has 1 aliphatic rings. The van der Waals surface area contributed by atoms with Gasteiger partial charge in [0.15, 0.2) is 5.13 Å². The van der Waals surface area contributed by atoms with Crippen LogP contribution in [0.1, 0.15) is 5.56 Å². The number of hydrogen-bond acceptors (Lipinski definition) is 7. The Morgan fingerprint density at radius 2 is 2.11 bits per heavy atom. The fraction of sp³-hybridized carbons (Fsp3) is 0.211. The highest BCUT2D eigenvalue weighted by molar-refractivity contribution is 7.22. The second-order valence-corrected chi connectivity index (χ2v) is 7.77. The van der Waals surface area contributed by atoms with Gasteiger partial charge in [0.25, 0.3) is 0 Å². The lowest BCUT2D eigenvalue weighted by Gasteiger charge is -2.38. The van der Waals surface area contributed by atoms with Crippen molar-refractivity contribution in [2.45, 2.75) is 6.92 Å². The van der Waals surface area contributed by atoms with Crippen LogP contribution in [0.4, 0.5) is 10.9 Å². The topological polar surface area (TPSA) is 88.8 Å². The van der Waals surface area contributed by atoms with Gasteiger partial charge in [-0.2, -0.15) is 0 Å². The van der Waals surface area contributed by atoms with Gasteiger partial charge in [-0.25, -0.2) is 19.9 Å². The molecule has 3 aromatic heterocycles. The van der Waals surface area contributed by atoms with Crippen molar-refractivity contribution in [2.75, 3.05) is 23.3 Å². The van der Waals surface area contributed by atoms with Crippen LogP contribution in [-0.4, -0.2) is 43.5 Å². The molecule has 1 aromatic carbocycles. The number of amides is 1. The van der Waals surface area contributed by atoms with E-state index >= 15 is 0 Å². The first-order chi connectivity index (χ1) is 13.7. The molecule has 28 heavy (non-hydrogen) atoms. The molecular formula is C19H17N7OS. The van der Waals surface area contributed by atoms with Crippen molar-refractivity contribution in [3.63, 3.8) is 0 Å². The van der Waals surface area contributed by atoms with Crippen molar-refractivity contribution in [3.8, 4) is 5.82 Å². The lowest BCUT2D eigenvalue weighted by molar-refractivity contribution is -0.120. The number of carbonyl (C=O) groups excluding carboxylic acids is 1. The average molecular weight is 391 g/mol. The first-order valence-electron chi connectivity index (χ1n) is 8.90. The molecule has 1 aliphatic heterocycles. The molecule has 0 spiro atoms. The highest BCUT2D eigenvalue weighted by Crippen LogP contribution is 2.29. The molecule has 4 heterocycles. The largest absolute Gasteiger partial charge is 0.355 e. The zero-order valence-corrected chi connectivity index (χ0v) is 15.9. The molecule has 0 bridgehead atoms. The summed E-state index contributed by atoms with van der Waals surface area (Å²) < 4.78 is 2.91. The number of nitrogens with zero attached hydrogens (tertiary/aromatic N) is 6. The average Bonchev–Trinajstić information content (AvgIpc) is 3.31. The third kappa shape index (κ3) is 2.99. The van der Waals surface area contributed by atoms with Crippen LogP contribution in [0, 0.1) is 12.8 Å². The molecule has 1 saturated heterocycles. The second-order valence-electron chi connectivity index (χ2n) is 6.74. The van der Waals surface area contributed by atoms with Crippen molar-refractivity contribution in [2.24, 2.45) is 5.92 Å². The number of imidazole rings is 1. The molecule has 9 heteroatoms. The molecule has 1 amide bonds. The normalized spacial score (nSPS) is 14.2. The Balaban J connectivity index is 1.24. The van der Waals surface area contributed by atoms with E-state index in [2.05, 4.69) is 30.2 Å². The molecule has 0 radical (unpaired) electrons. The van der Waals surface area contributed by atoms with E-state index in [9.17, 15) is 4.79 Å². The van der Waals surface area contributed by atoms with E-state index in [1.807, 2.05) is 42.0 Å². The van der Waals surface area contributed by atoms with Crippen LogP contribution in [0.2, 0.25) is 0 Å². The minimum Gasteiger partial charge on any atom is -0.355 e. The highest BCUT2D eigenvalue weighted by Gasteiger charge is 2.34. The molecule has 4 aromatic rings. The minimum absolute atomic E-state index is 0.00292. The molecule has 1 fully saturated rings. The van der Waals surface area contributed by atoms with E-state index in [0.717, 1.165) is 27.4 Å². The Morgan fingerprint density at radius 1 is 1.25 bits per heavy atom. The van der Waals surface area contributed by atoms with Gasteiger partial charge in [0.1, 0.15) is 24.3 Å². The maximum atomic E-state index is 12.6. The standard InChI is InChI=1S/C19H17N7OS/c1-12-3-2-4-14-17(12)23-19(28-14)24-18(27)13-8-26(9-13)16-7-15(21-10-22-16)25-6-5-20-11-25/h2-7,10-11,13H,8-9H2,1H3,(H,23,24,27). The Hall–Kier alpha value is -3.33. The van der Waals surface area contributed by atoms with E-state index in [1.165, 1.54) is 17.7 Å². The molecule has 8 nitrogen and oxygen atoms in total. The summed E-state index contributed by atoms with van der Waals surface area (Å²) in [5, 5.41) is 3.61. The van der Waals surface area contributed by atoms with Crippen molar-refractivity contribution in [3.05, 3.63) is 54.9 Å². The lowest BCUT2D eigenvalue weighted by Crippen LogP contribution is -2.52. The van der Waals surface area contributed by atoms with Crippen LogP contribution in [0.5, 0.6) is 0 Å². The zero-order chi connectivity index (χ0) is 19.1. The van der Waals surface area contributed by atoms with Crippen LogP contribution < -0.4 is 10.2 Å². The van der Waals surface area contributed by atoms with Gasteiger partial charge >= 0.3 is 0 Å². The number of hydrogen-bond donors (Lipinski definition) is 1. The van der Waals surface area contributed by atoms with Gasteiger partial charge in [-0.15, -0.1) is 0 Å². The number of anilines is 2. The van der Waals surface area contributed by atoms with Crippen LogP contribution in [0.15, 0.2) is 49.3 Å².